The maximum atomic E-state index is 6.16. The van der Waals surface area contributed by atoms with Crippen molar-refractivity contribution in [3.8, 4) is 0 Å². The van der Waals surface area contributed by atoms with Gasteiger partial charge in [0.1, 0.15) is 5.03 Å². The average molecular weight is 274 g/mol. The van der Waals surface area contributed by atoms with E-state index in [1.54, 1.807) is 24.7 Å². The Labute approximate surface area is 113 Å². The van der Waals surface area contributed by atoms with Gasteiger partial charge in [0.25, 0.3) is 0 Å². The van der Waals surface area contributed by atoms with E-state index in [4.69, 9.17) is 11.6 Å². The highest BCUT2D eigenvalue weighted by molar-refractivity contribution is 7.99. The first-order valence-electron chi connectivity index (χ1n) is 5.33. The molecule has 0 radical (unpaired) electrons. The van der Waals surface area contributed by atoms with Gasteiger partial charge in [-0.3, -0.25) is 0 Å². The molecular weight excluding hydrogens is 266 g/mol. The Balaban J connectivity index is 2.10. The lowest BCUT2D eigenvalue weighted by Crippen LogP contribution is -1.87. The SMILES string of the molecule is Clc1cccc2c(Sc3ncccn3)nccc12. The van der Waals surface area contributed by atoms with Crippen molar-refractivity contribution in [1.29, 1.82) is 0 Å². The molecule has 0 amide bonds. The van der Waals surface area contributed by atoms with E-state index in [0.717, 1.165) is 20.8 Å². The molecule has 0 unspecified atom stereocenters. The molecule has 0 fully saturated rings. The zero-order valence-electron chi connectivity index (χ0n) is 9.25. The summed E-state index contributed by atoms with van der Waals surface area (Å²) in [7, 11) is 0. The van der Waals surface area contributed by atoms with E-state index in [1.165, 1.54) is 11.8 Å². The first kappa shape index (κ1) is 11.4. The van der Waals surface area contributed by atoms with E-state index in [1.807, 2.05) is 24.3 Å². The predicted molar refractivity (Wildman–Crippen MR) is 72.9 cm³/mol. The molecule has 3 aromatic rings. The maximum Gasteiger partial charge on any atom is 0.193 e. The number of nitrogens with zero attached hydrogens (tertiary/aromatic N) is 3. The van der Waals surface area contributed by atoms with E-state index in [2.05, 4.69) is 15.0 Å². The Morgan fingerprint density at radius 2 is 1.67 bits per heavy atom. The van der Waals surface area contributed by atoms with E-state index < -0.39 is 0 Å². The first-order chi connectivity index (χ1) is 8.84. The number of pyridine rings is 1. The van der Waals surface area contributed by atoms with Crippen molar-refractivity contribution < 1.29 is 0 Å². The van der Waals surface area contributed by atoms with Crippen molar-refractivity contribution in [3.05, 3.63) is 53.9 Å². The van der Waals surface area contributed by atoms with E-state index in [0.29, 0.717) is 5.16 Å². The summed E-state index contributed by atoms with van der Waals surface area (Å²) in [5.41, 5.74) is 0. The molecule has 0 saturated heterocycles. The zero-order chi connectivity index (χ0) is 12.4. The number of benzene rings is 1. The lowest BCUT2D eigenvalue weighted by molar-refractivity contribution is 0.962. The van der Waals surface area contributed by atoms with Gasteiger partial charge in [0.2, 0.25) is 0 Å². The number of aromatic nitrogens is 3. The molecule has 3 rings (SSSR count). The molecule has 0 aliphatic heterocycles. The van der Waals surface area contributed by atoms with E-state index >= 15 is 0 Å². The molecule has 0 N–H and O–H groups in total. The summed E-state index contributed by atoms with van der Waals surface area (Å²) in [6.45, 7) is 0. The molecule has 0 atom stereocenters. The van der Waals surface area contributed by atoms with Crippen LogP contribution in [-0.2, 0) is 0 Å². The van der Waals surface area contributed by atoms with Crippen molar-refractivity contribution in [2.45, 2.75) is 10.2 Å². The predicted octanol–water partition coefficient (Wildman–Crippen LogP) is 3.83. The Bertz CT molecular complexity index is 688. The molecule has 3 nitrogen and oxygen atoms in total. The fourth-order valence-corrected chi connectivity index (χ4v) is 2.69. The fourth-order valence-electron chi connectivity index (χ4n) is 1.65. The van der Waals surface area contributed by atoms with Crippen molar-refractivity contribution in [1.82, 2.24) is 15.0 Å². The first-order valence-corrected chi connectivity index (χ1v) is 6.52. The van der Waals surface area contributed by atoms with Gasteiger partial charge in [0.15, 0.2) is 5.16 Å². The molecule has 88 valence electrons. The van der Waals surface area contributed by atoms with Gasteiger partial charge in [0, 0.05) is 34.4 Å². The third-order valence-corrected chi connectivity index (χ3v) is 3.69. The van der Waals surface area contributed by atoms with Crippen LogP contribution in [0.2, 0.25) is 5.02 Å². The highest BCUT2D eigenvalue weighted by Gasteiger charge is 2.07. The van der Waals surface area contributed by atoms with Crippen molar-refractivity contribution >= 4 is 34.1 Å². The number of hydrogen-bond acceptors (Lipinski definition) is 4. The molecule has 0 saturated carbocycles. The summed E-state index contributed by atoms with van der Waals surface area (Å²) >= 11 is 7.60. The van der Waals surface area contributed by atoms with Crippen LogP contribution in [0.15, 0.2) is 59.1 Å². The third kappa shape index (κ3) is 2.17. The fraction of sp³-hybridized carbons (Fsp3) is 0. The summed E-state index contributed by atoms with van der Waals surface area (Å²) in [6, 6.07) is 9.49. The normalized spacial score (nSPS) is 10.7. The zero-order valence-corrected chi connectivity index (χ0v) is 10.8. The van der Waals surface area contributed by atoms with Crippen LogP contribution in [-0.4, -0.2) is 15.0 Å². The molecule has 0 aliphatic rings. The smallest absolute Gasteiger partial charge is 0.193 e. The number of rotatable bonds is 2. The van der Waals surface area contributed by atoms with Crippen LogP contribution in [0, 0.1) is 0 Å². The van der Waals surface area contributed by atoms with Crippen LogP contribution < -0.4 is 0 Å². The van der Waals surface area contributed by atoms with Crippen LogP contribution in [0.1, 0.15) is 0 Å². The molecule has 5 heteroatoms. The monoisotopic (exact) mass is 273 g/mol. The topological polar surface area (TPSA) is 38.7 Å². The summed E-state index contributed by atoms with van der Waals surface area (Å²) in [5, 5.41) is 4.28. The second kappa shape index (κ2) is 4.92. The minimum absolute atomic E-state index is 0.678. The van der Waals surface area contributed by atoms with Gasteiger partial charge in [-0.2, -0.15) is 0 Å². The van der Waals surface area contributed by atoms with Crippen LogP contribution in [0.25, 0.3) is 10.8 Å². The average Bonchev–Trinajstić information content (AvgIpc) is 2.41. The maximum absolute atomic E-state index is 6.16. The molecule has 0 spiro atoms. The van der Waals surface area contributed by atoms with Gasteiger partial charge in [0.05, 0.1) is 0 Å². The molecule has 2 aromatic heterocycles. The minimum Gasteiger partial charge on any atom is -0.249 e. The standard InChI is InChI=1S/C13H8ClN3S/c14-11-4-1-3-10-9(11)5-8-15-12(10)18-13-16-6-2-7-17-13/h1-8H. The van der Waals surface area contributed by atoms with Gasteiger partial charge in [-0.15, -0.1) is 0 Å². The van der Waals surface area contributed by atoms with Crippen LogP contribution in [0.4, 0.5) is 0 Å². The summed E-state index contributed by atoms with van der Waals surface area (Å²) in [5.74, 6) is 0. The highest BCUT2D eigenvalue weighted by Crippen LogP contribution is 2.32. The summed E-state index contributed by atoms with van der Waals surface area (Å²) in [6.07, 6.45) is 5.18. The molecule has 1 aromatic carbocycles. The van der Waals surface area contributed by atoms with Gasteiger partial charge >= 0.3 is 0 Å². The largest absolute Gasteiger partial charge is 0.249 e. The van der Waals surface area contributed by atoms with Crippen molar-refractivity contribution in [2.24, 2.45) is 0 Å². The number of fused-ring (bicyclic) bond motifs is 1. The Hall–Kier alpha value is -1.65. The van der Waals surface area contributed by atoms with Crippen molar-refractivity contribution in [2.75, 3.05) is 0 Å². The van der Waals surface area contributed by atoms with Crippen LogP contribution >= 0.6 is 23.4 Å². The quantitative estimate of drug-likeness (QED) is 0.665. The lowest BCUT2D eigenvalue weighted by atomic mass is 10.2. The second-order valence-electron chi connectivity index (χ2n) is 3.58. The van der Waals surface area contributed by atoms with Gasteiger partial charge in [-0.1, -0.05) is 23.7 Å². The van der Waals surface area contributed by atoms with Gasteiger partial charge in [-0.05, 0) is 30.0 Å². The van der Waals surface area contributed by atoms with Crippen molar-refractivity contribution in [3.63, 3.8) is 0 Å². The molecule has 18 heavy (non-hydrogen) atoms. The third-order valence-electron chi connectivity index (χ3n) is 2.45. The molecule has 0 bridgehead atoms. The van der Waals surface area contributed by atoms with Crippen LogP contribution in [0.3, 0.4) is 0 Å². The number of halogens is 1. The lowest BCUT2D eigenvalue weighted by Gasteiger charge is -2.05. The minimum atomic E-state index is 0.678. The van der Waals surface area contributed by atoms with Gasteiger partial charge in [-0.25, -0.2) is 15.0 Å². The van der Waals surface area contributed by atoms with E-state index in [9.17, 15) is 0 Å². The van der Waals surface area contributed by atoms with E-state index in [-0.39, 0.29) is 0 Å². The van der Waals surface area contributed by atoms with Gasteiger partial charge < -0.3 is 0 Å². The Morgan fingerprint density at radius 1 is 0.833 bits per heavy atom. The second-order valence-corrected chi connectivity index (χ2v) is 4.95. The molecular formula is C13H8ClN3S. The summed E-state index contributed by atoms with van der Waals surface area (Å²) in [4.78, 5) is 12.7. The summed E-state index contributed by atoms with van der Waals surface area (Å²) < 4.78 is 0. The Kier molecular flexibility index (Phi) is 3.13. The Morgan fingerprint density at radius 3 is 2.50 bits per heavy atom. The molecule has 2 heterocycles. The van der Waals surface area contributed by atoms with Crippen LogP contribution in [0.5, 0.6) is 0 Å². The highest BCUT2D eigenvalue weighted by atomic mass is 35.5. The number of hydrogen-bond donors (Lipinski definition) is 0. The molecule has 0 aliphatic carbocycles.